The maximum absolute atomic E-state index is 11.6. The van der Waals surface area contributed by atoms with Gasteiger partial charge in [-0.1, -0.05) is 6.42 Å². The van der Waals surface area contributed by atoms with Crippen molar-refractivity contribution in [1.82, 2.24) is 15.8 Å². The zero-order chi connectivity index (χ0) is 13.2. The average molecular weight is 255 g/mol. The van der Waals surface area contributed by atoms with E-state index in [0.717, 1.165) is 13.0 Å². The second-order valence-electron chi connectivity index (χ2n) is 6.27. The van der Waals surface area contributed by atoms with Gasteiger partial charge in [-0.05, 0) is 46.6 Å². The number of hydrazine groups is 1. The molecule has 2 heterocycles. The zero-order valence-corrected chi connectivity index (χ0v) is 11.7. The molecular formula is C13H25N3O2. The Bertz CT molecular complexity index is 301. The van der Waals surface area contributed by atoms with Crippen LogP contribution >= 0.6 is 0 Å². The van der Waals surface area contributed by atoms with Crippen molar-refractivity contribution in [3.8, 4) is 0 Å². The maximum atomic E-state index is 11.6. The van der Waals surface area contributed by atoms with E-state index < -0.39 is 11.7 Å². The van der Waals surface area contributed by atoms with Crippen molar-refractivity contribution in [2.24, 2.45) is 0 Å². The Balaban J connectivity index is 1.75. The Hall–Kier alpha value is -0.810. The first-order valence-electron chi connectivity index (χ1n) is 6.94. The summed E-state index contributed by atoms with van der Waals surface area (Å²) in [5.41, 5.74) is 5.37. The molecule has 2 rings (SSSR count). The monoisotopic (exact) mass is 255 g/mol. The van der Waals surface area contributed by atoms with E-state index in [2.05, 4.69) is 15.8 Å². The molecule has 18 heavy (non-hydrogen) atoms. The summed E-state index contributed by atoms with van der Waals surface area (Å²) in [6.45, 7) is 7.94. The van der Waals surface area contributed by atoms with Crippen LogP contribution in [0, 0.1) is 0 Å². The summed E-state index contributed by atoms with van der Waals surface area (Å²) in [4.78, 5) is 14.1. The van der Waals surface area contributed by atoms with Crippen LogP contribution in [0.3, 0.4) is 0 Å². The van der Waals surface area contributed by atoms with Crippen molar-refractivity contribution in [1.29, 1.82) is 0 Å². The van der Waals surface area contributed by atoms with E-state index in [1.807, 2.05) is 20.8 Å². The first-order chi connectivity index (χ1) is 8.46. The topological polar surface area (TPSA) is 53.6 Å². The molecule has 2 fully saturated rings. The Kier molecular flexibility index (Phi) is 4.12. The SMILES string of the molecule is CC(C)(C)OC(=O)NNC1CCN2CCCCC12. The number of amides is 1. The van der Waals surface area contributed by atoms with E-state index in [-0.39, 0.29) is 0 Å². The number of piperidine rings is 1. The highest BCUT2D eigenvalue weighted by Crippen LogP contribution is 2.26. The highest BCUT2D eigenvalue weighted by Gasteiger charge is 2.35. The van der Waals surface area contributed by atoms with Crippen molar-refractivity contribution >= 4 is 6.09 Å². The van der Waals surface area contributed by atoms with Crippen molar-refractivity contribution in [3.63, 3.8) is 0 Å². The van der Waals surface area contributed by atoms with Crippen LogP contribution in [-0.4, -0.2) is 41.8 Å². The van der Waals surface area contributed by atoms with Gasteiger partial charge in [0, 0.05) is 18.6 Å². The normalized spacial score (nSPS) is 28.8. The molecule has 5 nitrogen and oxygen atoms in total. The van der Waals surface area contributed by atoms with Crippen LogP contribution < -0.4 is 10.9 Å². The quantitative estimate of drug-likeness (QED) is 0.737. The summed E-state index contributed by atoms with van der Waals surface area (Å²) in [5.74, 6) is 0. The van der Waals surface area contributed by atoms with E-state index in [4.69, 9.17) is 4.74 Å². The molecule has 0 saturated carbocycles. The molecule has 2 atom stereocenters. The number of rotatable bonds is 2. The van der Waals surface area contributed by atoms with Gasteiger partial charge in [0.25, 0.3) is 0 Å². The molecule has 2 unspecified atom stereocenters. The fourth-order valence-electron chi connectivity index (χ4n) is 2.87. The standard InChI is InChI=1S/C13H25N3O2/c1-13(2,3)18-12(17)15-14-10-7-9-16-8-5-4-6-11(10)16/h10-11,14H,4-9H2,1-3H3,(H,15,17). The van der Waals surface area contributed by atoms with E-state index >= 15 is 0 Å². The molecule has 0 aliphatic carbocycles. The molecular weight excluding hydrogens is 230 g/mol. The van der Waals surface area contributed by atoms with Gasteiger partial charge in [-0.25, -0.2) is 10.2 Å². The van der Waals surface area contributed by atoms with Gasteiger partial charge in [-0.3, -0.25) is 10.3 Å². The summed E-state index contributed by atoms with van der Waals surface area (Å²) in [5, 5.41) is 0. The Morgan fingerprint density at radius 1 is 1.22 bits per heavy atom. The van der Waals surface area contributed by atoms with Crippen LogP contribution in [0.5, 0.6) is 0 Å². The smallest absolute Gasteiger partial charge is 0.422 e. The average Bonchev–Trinajstić information content (AvgIpc) is 2.67. The number of carbonyl (C=O) groups excluding carboxylic acids is 1. The van der Waals surface area contributed by atoms with Gasteiger partial charge in [-0.15, -0.1) is 0 Å². The molecule has 0 bridgehead atoms. The first-order valence-corrected chi connectivity index (χ1v) is 6.94. The lowest BCUT2D eigenvalue weighted by atomic mass is 10.00. The zero-order valence-electron chi connectivity index (χ0n) is 11.7. The minimum absolute atomic E-state index is 0.359. The molecule has 104 valence electrons. The summed E-state index contributed by atoms with van der Waals surface area (Å²) < 4.78 is 5.21. The van der Waals surface area contributed by atoms with Crippen LogP contribution in [0.2, 0.25) is 0 Å². The second kappa shape index (κ2) is 5.45. The van der Waals surface area contributed by atoms with Crippen molar-refractivity contribution < 1.29 is 9.53 Å². The minimum Gasteiger partial charge on any atom is -0.443 e. The highest BCUT2D eigenvalue weighted by atomic mass is 16.6. The van der Waals surface area contributed by atoms with Gasteiger partial charge in [0.15, 0.2) is 0 Å². The number of fused-ring (bicyclic) bond motifs is 1. The molecule has 5 heteroatoms. The molecule has 2 N–H and O–H groups in total. The molecule has 0 aromatic heterocycles. The van der Waals surface area contributed by atoms with Crippen molar-refractivity contribution in [2.45, 2.75) is 64.1 Å². The summed E-state index contributed by atoms with van der Waals surface area (Å²) >= 11 is 0. The number of ether oxygens (including phenoxy) is 1. The van der Waals surface area contributed by atoms with Crippen molar-refractivity contribution in [2.75, 3.05) is 13.1 Å². The third-order valence-electron chi connectivity index (χ3n) is 3.61. The Morgan fingerprint density at radius 2 is 2.00 bits per heavy atom. The molecule has 2 aliphatic rings. The van der Waals surface area contributed by atoms with Crippen molar-refractivity contribution in [3.05, 3.63) is 0 Å². The van der Waals surface area contributed by atoms with E-state index in [1.165, 1.54) is 25.8 Å². The summed E-state index contributed by atoms with van der Waals surface area (Å²) in [7, 11) is 0. The molecule has 0 aromatic rings. The molecule has 2 aliphatic heterocycles. The molecule has 0 aromatic carbocycles. The number of hydrogen-bond acceptors (Lipinski definition) is 4. The summed E-state index contributed by atoms with van der Waals surface area (Å²) in [6, 6.07) is 0.937. The Labute approximate surface area is 109 Å². The third-order valence-corrected chi connectivity index (χ3v) is 3.61. The van der Waals surface area contributed by atoms with Gasteiger partial charge in [0.2, 0.25) is 0 Å². The number of carbonyl (C=O) groups is 1. The first kappa shape index (κ1) is 13.6. The lowest BCUT2D eigenvalue weighted by molar-refractivity contribution is 0.0478. The minimum atomic E-state index is -0.446. The number of nitrogens with zero attached hydrogens (tertiary/aromatic N) is 1. The van der Waals surface area contributed by atoms with Crippen LogP contribution in [0.1, 0.15) is 46.5 Å². The van der Waals surface area contributed by atoms with Crippen LogP contribution in [0.4, 0.5) is 4.79 Å². The maximum Gasteiger partial charge on any atom is 0.422 e. The molecule has 0 radical (unpaired) electrons. The lowest BCUT2D eigenvalue weighted by Gasteiger charge is -2.32. The van der Waals surface area contributed by atoms with E-state index in [0.29, 0.717) is 12.1 Å². The largest absolute Gasteiger partial charge is 0.443 e. The van der Waals surface area contributed by atoms with Crippen LogP contribution in [0.15, 0.2) is 0 Å². The predicted octanol–water partition coefficient (Wildman–Crippen LogP) is 1.64. The predicted molar refractivity (Wildman–Crippen MR) is 70.1 cm³/mol. The number of hydrogen-bond donors (Lipinski definition) is 2. The fourth-order valence-corrected chi connectivity index (χ4v) is 2.87. The highest BCUT2D eigenvalue weighted by molar-refractivity contribution is 5.67. The van der Waals surface area contributed by atoms with Gasteiger partial charge in [-0.2, -0.15) is 0 Å². The van der Waals surface area contributed by atoms with E-state index in [1.54, 1.807) is 0 Å². The Morgan fingerprint density at radius 3 is 2.72 bits per heavy atom. The summed E-state index contributed by atoms with van der Waals surface area (Å²) in [6.07, 6.45) is 4.54. The van der Waals surface area contributed by atoms with Crippen LogP contribution in [0.25, 0.3) is 0 Å². The molecule has 0 spiro atoms. The van der Waals surface area contributed by atoms with Gasteiger partial charge >= 0.3 is 6.09 Å². The van der Waals surface area contributed by atoms with Gasteiger partial charge in [0.05, 0.1) is 0 Å². The van der Waals surface area contributed by atoms with E-state index in [9.17, 15) is 4.79 Å². The number of nitrogens with one attached hydrogen (secondary N) is 2. The van der Waals surface area contributed by atoms with Crippen LogP contribution in [-0.2, 0) is 4.74 Å². The second-order valence-corrected chi connectivity index (χ2v) is 6.27. The fraction of sp³-hybridized carbons (Fsp3) is 0.923. The molecule has 1 amide bonds. The third kappa shape index (κ3) is 3.59. The molecule has 2 saturated heterocycles. The lowest BCUT2D eigenvalue weighted by Crippen LogP contribution is -2.52. The van der Waals surface area contributed by atoms with Gasteiger partial charge < -0.3 is 4.74 Å². The van der Waals surface area contributed by atoms with Gasteiger partial charge in [0.1, 0.15) is 5.60 Å².